The van der Waals surface area contributed by atoms with E-state index in [1.54, 1.807) is 0 Å². The van der Waals surface area contributed by atoms with Crippen molar-refractivity contribution in [2.24, 2.45) is 0 Å². The molecular formula is C22H30NaO3PS. The third-order valence-electron chi connectivity index (χ3n) is 4.66. The van der Waals surface area contributed by atoms with Crippen LogP contribution in [0.2, 0.25) is 0 Å². The zero-order chi connectivity index (χ0) is 19.4. The van der Waals surface area contributed by atoms with Gasteiger partial charge >= 0.3 is 29.6 Å². The van der Waals surface area contributed by atoms with Gasteiger partial charge in [0.15, 0.2) is 0 Å². The molecular weight excluding hydrogens is 398 g/mol. The fraction of sp³-hybridized carbons (Fsp3) is 0.455. The van der Waals surface area contributed by atoms with E-state index in [0.29, 0.717) is 6.42 Å². The van der Waals surface area contributed by atoms with Gasteiger partial charge in [-0.05, 0) is 37.5 Å². The van der Waals surface area contributed by atoms with E-state index in [1.165, 1.54) is 42.5 Å². The van der Waals surface area contributed by atoms with E-state index in [4.69, 9.17) is 0 Å². The van der Waals surface area contributed by atoms with Gasteiger partial charge in [0.05, 0.1) is 10.1 Å². The summed E-state index contributed by atoms with van der Waals surface area (Å²) in [6.07, 6.45) is 9.63. The first kappa shape index (κ1) is 25.8. The second-order valence-electron chi connectivity index (χ2n) is 6.91. The first-order valence-corrected chi connectivity index (χ1v) is 13.0. The van der Waals surface area contributed by atoms with Gasteiger partial charge in [-0.3, -0.25) is 0 Å². The topological polar surface area (TPSA) is 57.2 Å². The summed E-state index contributed by atoms with van der Waals surface area (Å²) in [5.74, 6) is -0.213. The molecule has 0 radical (unpaired) electrons. The van der Waals surface area contributed by atoms with E-state index in [-0.39, 0.29) is 43.2 Å². The summed E-state index contributed by atoms with van der Waals surface area (Å²) in [6, 6.07) is 21.7. The van der Waals surface area contributed by atoms with Crippen LogP contribution in [0.5, 0.6) is 0 Å². The minimum Gasteiger partial charge on any atom is -0.748 e. The molecule has 0 spiro atoms. The summed E-state index contributed by atoms with van der Waals surface area (Å²) < 4.78 is 31.6. The molecule has 0 atom stereocenters. The molecule has 0 aliphatic heterocycles. The van der Waals surface area contributed by atoms with E-state index < -0.39 is 10.1 Å². The smallest absolute Gasteiger partial charge is 0.748 e. The average molecular weight is 429 g/mol. The van der Waals surface area contributed by atoms with E-state index in [0.717, 1.165) is 19.3 Å². The number of rotatable bonds is 13. The van der Waals surface area contributed by atoms with Gasteiger partial charge in [0.25, 0.3) is 0 Å². The van der Waals surface area contributed by atoms with Crippen molar-refractivity contribution in [2.75, 3.05) is 11.9 Å². The molecule has 0 aliphatic carbocycles. The van der Waals surface area contributed by atoms with Crippen LogP contribution in [0.4, 0.5) is 0 Å². The minimum atomic E-state index is -4.03. The second kappa shape index (κ2) is 14.7. The van der Waals surface area contributed by atoms with Crippen LogP contribution in [0, 0.1) is 0 Å². The Balaban J connectivity index is 0.00000392. The molecule has 0 N–H and O–H groups in total. The van der Waals surface area contributed by atoms with Crippen LogP contribution < -0.4 is 40.2 Å². The quantitative estimate of drug-likeness (QED) is 0.212. The molecule has 0 saturated carbocycles. The molecule has 0 saturated heterocycles. The Morgan fingerprint density at radius 2 is 1.04 bits per heavy atom. The molecule has 6 heteroatoms. The first-order valence-electron chi connectivity index (χ1n) is 9.87. The first-order chi connectivity index (χ1) is 13.1. The molecule has 3 nitrogen and oxygen atoms in total. The zero-order valence-corrected chi connectivity index (χ0v) is 20.6. The van der Waals surface area contributed by atoms with Crippen LogP contribution >= 0.6 is 7.92 Å². The monoisotopic (exact) mass is 428 g/mol. The maximum atomic E-state index is 10.5. The fourth-order valence-corrected chi connectivity index (χ4v) is 6.21. The van der Waals surface area contributed by atoms with Gasteiger partial charge in [0.2, 0.25) is 0 Å². The van der Waals surface area contributed by atoms with Gasteiger partial charge in [0.1, 0.15) is 0 Å². The van der Waals surface area contributed by atoms with Gasteiger partial charge in [-0.1, -0.05) is 99.2 Å². The summed E-state index contributed by atoms with van der Waals surface area (Å²) in [6.45, 7) is 0. The van der Waals surface area contributed by atoms with Crippen molar-refractivity contribution in [3.8, 4) is 0 Å². The normalized spacial score (nSPS) is 11.4. The molecule has 0 amide bonds. The van der Waals surface area contributed by atoms with Crippen molar-refractivity contribution in [2.45, 2.75) is 51.4 Å². The molecule has 2 aromatic carbocycles. The molecule has 0 fully saturated rings. The van der Waals surface area contributed by atoms with Crippen LogP contribution in [0.1, 0.15) is 51.4 Å². The van der Waals surface area contributed by atoms with Gasteiger partial charge < -0.3 is 4.55 Å². The number of hydrogen-bond donors (Lipinski definition) is 0. The molecule has 2 rings (SSSR count). The second-order valence-corrected chi connectivity index (χ2v) is 10.8. The molecule has 148 valence electrons. The van der Waals surface area contributed by atoms with Crippen molar-refractivity contribution >= 4 is 28.6 Å². The average Bonchev–Trinajstić information content (AvgIpc) is 2.67. The van der Waals surface area contributed by atoms with Gasteiger partial charge in [-0.15, -0.1) is 0 Å². The Morgan fingerprint density at radius 1 is 0.643 bits per heavy atom. The molecule has 0 unspecified atom stereocenters. The standard InChI is InChI=1S/C22H31O3PS.Na/c23-27(24,25)20-14-6-4-2-1-3-5-13-19-26(21-15-9-7-10-16-21)22-17-11-8-12-18-22;/h7-12,15-18H,1-6,13-14,19-20H2,(H,23,24,25);/q;+1/p-1. The minimum absolute atomic E-state index is 0. The SMILES string of the molecule is O=S(=O)([O-])CCCCCCCCCCP(c1ccccc1)c1ccccc1.[Na+]. The Morgan fingerprint density at radius 3 is 1.46 bits per heavy atom. The zero-order valence-electron chi connectivity index (χ0n) is 16.9. The van der Waals surface area contributed by atoms with Crippen LogP contribution in [0.15, 0.2) is 60.7 Å². The number of hydrogen-bond acceptors (Lipinski definition) is 3. The van der Waals surface area contributed by atoms with Crippen molar-refractivity contribution < 1.29 is 42.5 Å². The molecule has 2 aromatic rings. The third kappa shape index (κ3) is 11.1. The van der Waals surface area contributed by atoms with E-state index in [2.05, 4.69) is 60.7 Å². The van der Waals surface area contributed by atoms with E-state index in [1.807, 2.05) is 0 Å². The third-order valence-corrected chi connectivity index (χ3v) is 8.06. The summed E-state index contributed by atoms with van der Waals surface area (Å²) >= 11 is 0. The number of benzene rings is 2. The summed E-state index contributed by atoms with van der Waals surface area (Å²) in [5.41, 5.74) is 0. The van der Waals surface area contributed by atoms with Gasteiger partial charge in [-0.25, -0.2) is 8.42 Å². The Bertz CT molecular complexity index is 699. The van der Waals surface area contributed by atoms with Gasteiger partial charge in [-0.2, -0.15) is 0 Å². The molecule has 0 bridgehead atoms. The predicted molar refractivity (Wildman–Crippen MR) is 115 cm³/mol. The van der Waals surface area contributed by atoms with Crippen molar-refractivity contribution in [1.82, 2.24) is 0 Å². The maximum Gasteiger partial charge on any atom is 1.00 e. The molecule has 0 aliphatic rings. The maximum absolute atomic E-state index is 10.5. The van der Waals surface area contributed by atoms with E-state index in [9.17, 15) is 13.0 Å². The number of unbranched alkanes of at least 4 members (excludes halogenated alkanes) is 7. The van der Waals surface area contributed by atoms with Crippen molar-refractivity contribution in [3.63, 3.8) is 0 Å². The Hall–Kier alpha value is -0.220. The van der Waals surface area contributed by atoms with Crippen LogP contribution in [0.3, 0.4) is 0 Å². The largest absolute Gasteiger partial charge is 1.00 e. The van der Waals surface area contributed by atoms with E-state index >= 15 is 0 Å². The predicted octanol–water partition coefficient (Wildman–Crippen LogP) is 1.79. The van der Waals surface area contributed by atoms with Crippen LogP contribution in [-0.4, -0.2) is 24.9 Å². The van der Waals surface area contributed by atoms with Crippen molar-refractivity contribution in [1.29, 1.82) is 0 Å². The molecule has 28 heavy (non-hydrogen) atoms. The summed E-state index contributed by atoms with van der Waals surface area (Å²) in [7, 11) is -4.31. The Kier molecular flexibility index (Phi) is 13.6. The van der Waals surface area contributed by atoms with Crippen LogP contribution in [-0.2, 0) is 10.1 Å². The fourth-order valence-electron chi connectivity index (χ4n) is 3.23. The Labute approximate surface area is 194 Å². The summed E-state index contributed by atoms with van der Waals surface area (Å²) in [4.78, 5) is 0. The molecule has 0 heterocycles. The molecule has 0 aromatic heterocycles. The van der Waals surface area contributed by atoms with Crippen LogP contribution in [0.25, 0.3) is 0 Å². The van der Waals surface area contributed by atoms with Crippen molar-refractivity contribution in [3.05, 3.63) is 60.7 Å². The summed E-state index contributed by atoms with van der Waals surface area (Å²) in [5, 5.41) is 2.90. The van der Waals surface area contributed by atoms with Gasteiger partial charge in [0, 0.05) is 5.75 Å².